The van der Waals surface area contributed by atoms with Crippen molar-refractivity contribution in [1.82, 2.24) is 10.2 Å². The molecule has 0 aliphatic heterocycles. The molecule has 0 amide bonds. The van der Waals surface area contributed by atoms with Crippen LogP contribution in [0.3, 0.4) is 0 Å². The summed E-state index contributed by atoms with van der Waals surface area (Å²) >= 11 is 0.879. The first kappa shape index (κ1) is 11.2. The number of thiophene rings is 1. The number of esters is 1. The number of nitrogens with zero attached hydrogens (tertiary/aromatic N) is 3. The zero-order chi connectivity index (χ0) is 12.4. The molecule has 88 valence electrons. The molecule has 0 aromatic carbocycles. The lowest BCUT2D eigenvalue weighted by Crippen LogP contribution is -2.00. The van der Waals surface area contributed by atoms with Crippen LogP contribution in [0.1, 0.15) is 10.7 Å². The second kappa shape index (κ2) is 4.29. The molecule has 0 bridgehead atoms. The van der Waals surface area contributed by atoms with Crippen LogP contribution in [0.15, 0.2) is 16.5 Å². The highest BCUT2D eigenvalue weighted by molar-refractivity contribution is 7.18. The van der Waals surface area contributed by atoms with Crippen molar-refractivity contribution in [1.29, 1.82) is 0 Å². The Morgan fingerprint density at radius 3 is 2.88 bits per heavy atom. The molecular weight excluding hydrogens is 250 g/mol. The highest BCUT2D eigenvalue weighted by atomic mass is 32.1. The van der Waals surface area contributed by atoms with Crippen molar-refractivity contribution in [3.05, 3.63) is 28.1 Å². The van der Waals surface area contributed by atoms with Gasteiger partial charge in [0.05, 0.1) is 16.9 Å². The molecule has 8 nitrogen and oxygen atoms in total. The van der Waals surface area contributed by atoms with E-state index in [1.165, 1.54) is 19.2 Å². The summed E-state index contributed by atoms with van der Waals surface area (Å²) in [7, 11) is 1.18. The van der Waals surface area contributed by atoms with Crippen LogP contribution >= 0.6 is 11.3 Å². The minimum Gasteiger partial charge on any atom is -0.462 e. The van der Waals surface area contributed by atoms with Crippen molar-refractivity contribution in [3.8, 4) is 10.8 Å². The molecule has 0 aliphatic carbocycles. The van der Waals surface area contributed by atoms with Crippen LogP contribution in [0, 0.1) is 10.1 Å². The summed E-state index contributed by atoms with van der Waals surface area (Å²) in [6.45, 7) is 0. The quantitative estimate of drug-likeness (QED) is 0.464. The summed E-state index contributed by atoms with van der Waals surface area (Å²) in [6.07, 6.45) is 0. The molecule has 9 heteroatoms. The Morgan fingerprint density at radius 1 is 1.53 bits per heavy atom. The number of hydrogen-bond donors (Lipinski definition) is 0. The van der Waals surface area contributed by atoms with Gasteiger partial charge in [0.1, 0.15) is 0 Å². The van der Waals surface area contributed by atoms with Crippen LogP contribution in [0.4, 0.5) is 5.00 Å². The first-order valence-corrected chi connectivity index (χ1v) is 5.10. The zero-order valence-corrected chi connectivity index (χ0v) is 9.26. The lowest BCUT2D eigenvalue weighted by atomic mass is 10.5. The topological polar surface area (TPSA) is 108 Å². The minimum atomic E-state index is -0.755. The number of aromatic nitrogens is 2. The Labute approximate surface area is 98.0 Å². The van der Waals surface area contributed by atoms with Crippen molar-refractivity contribution in [3.63, 3.8) is 0 Å². The molecule has 2 heterocycles. The Bertz CT molecular complexity index is 575. The maximum Gasteiger partial charge on any atom is 0.396 e. The van der Waals surface area contributed by atoms with Crippen LogP contribution in [0.2, 0.25) is 0 Å². The van der Waals surface area contributed by atoms with Crippen LogP contribution in [-0.2, 0) is 4.74 Å². The lowest BCUT2D eigenvalue weighted by Gasteiger charge is -1.89. The average Bonchev–Trinajstić information content (AvgIpc) is 2.95. The molecule has 2 aromatic rings. The van der Waals surface area contributed by atoms with E-state index >= 15 is 0 Å². The summed E-state index contributed by atoms with van der Waals surface area (Å²) in [5.41, 5.74) is 0. The summed E-state index contributed by atoms with van der Waals surface area (Å²) in [5, 5.41) is 17.5. The Kier molecular flexibility index (Phi) is 2.83. The predicted molar refractivity (Wildman–Crippen MR) is 55.6 cm³/mol. The number of rotatable bonds is 3. The Hall–Kier alpha value is -2.29. The number of carbonyl (C=O) groups is 1. The van der Waals surface area contributed by atoms with E-state index in [-0.39, 0.29) is 16.8 Å². The van der Waals surface area contributed by atoms with Gasteiger partial charge < -0.3 is 9.15 Å². The Morgan fingerprint density at radius 2 is 2.29 bits per heavy atom. The highest BCUT2D eigenvalue weighted by Gasteiger charge is 2.19. The standard InChI is InChI=1S/C8H5N3O5S/c1-15-8(12)7-10-9-6(16-7)4-2-3-5(17-4)11(13)14/h2-3H,1H3. The van der Waals surface area contributed by atoms with Gasteiger partial charge in [0.2, 0.25) is 0 Å². The summed E-state index contributed by atoms with van der Waals surface area (Å²) in [6, 6.07) is 2.79. The average molecular weight is 255 g/mol. The molecule has 0 atom stereocenters. The number of hydrogen-bond acceptors (Lipinski definition) is 8. The van der Waals surface area contributed by atoms with Crippen molar-refractivity contribution < 1.29 is 18.9 Å². The van der Waals surface area contributed by atoms with E-state index in [1.807, 2.05) is 0 Å². The van der Waals surface area contributed by atoms with Crippen LogP contribution in [0.25, 0.3) is 10.8 Å². The lowest BCUT2D eigenvalue weighted by molar-refractivity contribution is -0.380. The maximum absolute atomic E-state index is 11.0. The van der Waals surface area contributed by atoms with Crippen molar-refractivity contribution in [2.24, 2.45) is 0 Å². The minimum absolute atomic E-state index is 0.0437. The zero-order valence-electron chi connectivity index (χ0n) is 8.45. The monoisotopic (exact) mass is 255 g/mol. The number of ether oxygens (including phenoxy) is 1. The highest BCUT2D eigenvalue weighted by Crippen LogP contribution is 2.31. The first-order chi connectivity index (χ1) is 8.11. The molecule has 2 rings (SSSR count). The molecular formula is C8H5N3O5S. The van der Waals surface area contributed by atoms with E-state index in [1.54, 1.807) is 0 Å². The second-order valence-electron chi connectivity index (χ2n) is 2.80. The fraction of sp³-hybridized carbons (Fsp3) is 0.125. The predicted octanol–water partition coefficient (Wildman–Crippen LogP) is 1.49. The van der Waals surface area contributed by atoms with Gasteiger partial charge in [0.25, 0.3) is 5.89 Å². The molecule has 0 saturated heterocycles. The van der Waals surface area contributed by atoms with Crippen molar-refractivity contribution >= 4 is 22.3 Å². The summed E-state index contributed by atoms with van der Waals surface area (Å²) < 4.78 is 9.40. The number of nitro groups is 1. The van der Waals surface area contributed by atoms with Gasteiger partial charge in [-0.25, -0.2) is 4.79 Å². The van der Waals surface area contributed by atoms with E-state index in [4.69, 9.17) is 4.42 Å². The number of carbonyl (C=O) groups excluding carboxylic acids is 1. The largest absolute Gasteiger partial charge is 0.462 e. The van der Waals surface area contributed by atoms with Gasteiger partial charge in [-0.2, -0.15) is 0 Å². The Balaban J connectivity index is 2.30. The fourth-order valence-corrected chi connectivity index (χ4v) is 1.78. The third-order valence-electron chi connectivity index (χ3n) is 1.77. The molecule has 0 saturated carbocycles. The molecule has 2 aromatic heterocycles. The van der Waals surface area contributed by atoms with Gasteiger partial charge in [-0.15, -0.1) is 10.2 Å². The van der Waals surface area contributed by atoms with E-state index in [9.17, 15) is 14.9 Å². The van der Waals surface area contributed by atoms with Gasteiger partial charge in [-0.3, -0.25) is 10.1 Å². The molecule has 0 spiro atoms. The molecule has 0 unspecified atom stereocenters. The van der Waals surface area contributed by atoms with Gasteiger partial charge in [-0.05, 0) is 6.07 Å². The van der Waals surface area contributed by atoms with Crippen LogP contribution < -0.4 is 0 Å². The second-order valence-corrected chi connectivity index (χ2v) is 3.86. The third kappa shape index (κ3) is 2.13. The van der Waals surface area contributed by atoms with Crippen LogP contribution in [-0.4, -0.2) is 28.2 Å². The first-order valence-electron chi connectivity index (χ1n) is 4.28. The van der Waals surface area contributed by atoms with Gasteiger partial charge in [-0.1, -0.05) is 11.3 Å². The van der Waals surface area contributed by atoms with E-state index < -0.39 is 10.9 Å². The van der Waals surface area contributed by atoms with Crippen LogP contribution in [0.5, 0.6) is 0 Å². The molecule has 0 N–H and O–H groups in total. The normalized spacial score (nSPS) is 10.2. The van der Waals surface area contributed by atoms with Gasteiger partial charge in [0, 0.05) is 6.07 Å². The third-order valence-corrected chi connectivity index (χ3v) is 2.79. The summed E-state index contributed by atoms with van der Waals surface area (Å²) in [5.74, 6) is -1.00. The van der Waals surface area contributed by atoms with E-state index in [0.717, 1.165) is 11.3 Å². The van der Waals surface area contributed by atoms with Gasteiger partial charge >= 0.3 is 16.9 Å². The fourth-order valence-electron chi connectivity index (χ4n) is 1.03. The molecule has 17 heavy (non-hydrogen) atoms. The van der Waals surface area contributed by atoms with Crippen molar-refractivity contribution in [2.45, 2.75) is 0 Å². The number of methoxy groups -OCH3 is 1. The molecule has 0 fully saturated rings. The maximum atomic E-state index is 11.0. The van der Waals surface area contributed by atoms with Gasteiger partial charge in [0.15, 0.2) is 0 Å². The van der Waals surface area contributed by atoms with E-state index in [2.05, 4.69) is 14.9 Å². The van der Waals surface area contributed by atoms with E-state index in [0.29, 0.717) is 4.88 Å². The summed E-state index contributed by atoms with van der Waals surface area (Å²) in [4.78, 5) is 21.4. The SMILES string of the molecule is COC(=O)c1nnc(-c2ccc([N+](=O)[O-])s2)o1. The molecule has 0 aliphatic rings. The molecule has 0 radical (unpaired) electrons. The van der Waals surface area contributed by atoms with Crippen molar-refractivity contribution in [2.75, 3.05) is 7.11 Å². The smallest absolute Gasteiger partial charge is 0.396 e.